The standard InChI is InChI=1S/C22H18ClNO4/c1-27-20-5-3-2-4-19(20)24-21(25)14-28-18-12-8-16(9-13-18)22(26)15-6-10-17(23)11-7-15/h2-13H,14H2,1H3,(H,24,25). The molecule has 0 fully saturated rings. The Hall–Kier alpha value is -3.31. The smallest absolute Gasteiger partial charge is 0.262 e. The lowest BCUT2D eigenvalue weighted by Crippen LogP contribution is -2.20. The molecule has 0 saturated heterocycles. The van der Waals surface area contributed by atoms with Crippen LogP contribution in [0.5, 0.6) is 11.5 Å². The second kappa shape index (κ2) is 9.06. The lowest BCUT2D eigenvalue weighted by molar-refractivity contribution is -0.118. The van der Waals surface area contributed by atoms with Crippen LogP contribution in [0.15, 0.2) is 72.8 Å². The van der Waals surface area contributed by atoms with Gasteiger partial charge in [0.1, 0.15) is 11.5 Å². The van der Waals surface area contributed by atoms with Gasteiger partial charge in [-0.2, -0.15) is 0 Å². The summed E-state index contributed by atoms with van der Waals surface area (Å²) in [5.41, 5.74) is 1.64. The van der Waals surface area contributed by atoms with Crippen molar-refractivity contribution in [2.24, 2.45) is 0 Å². The lowest BCUT2D eigenvalue weighted by atomic mass is 10.0. The highest BCUT2D eigenvalue weighted by atomic mass is 35.5. The van der Waals surface area contributed by atoms with Gasteiger partial charge in [0.2, 0.25) is 0 Å². The fourth-order valence-electron chi connectivity index (χ4n) is 2.55. The van der Waals surface area contributed by atoms with Crippen LogP contribution >= 0.6 is 11.6 Å². The quantitative estimate of drug-likeness (QED) is 0.594. The topological polar surface area (TPSA) is 64.6 Å². The summed E-state index contributed by atoms with van der Waals surface area (Å²) < 4.78 is 10.7. The lowest BCUT2D eigenvalue weighted by Gasteiger charge is -2.11. The first-order valence-electron chi connectivity index (χ1n) is 8.53. The molecule has 0 aliphatic heterocycles. The SMILES string of the molecule is COc1ccccc1NC(=O)COc1ccc(C(=O)c2ccc(Cl)cc2)cc1. The Kier molecular flexibility index (Phi) is 6.29. The van der Waals surface area contributed by atoms with E-state index in [0.29, 0.717) is 33.3 Å². The van der Waals surface area contributed by atoms with Crippen molar-refractivity contribution in [3.63, 3.8) is 0 Å². The number of carbonyl (C=O) groups excluding carboxylic acids is 2. The third-order valence-corrected chi connectivity index (χ3v) is 4.23. The van der Waals surface area contributed by atoms with E-state index in [1.807, 2.05) is 6.07 Å². The number of methoxy groups -OCH3 is 1. The van der Waals surface area contributed by atoms with Crippen LogP contribution in [0.1, 0.15) is 15.9 Å². The number of amides is 1. The van der Waals surface area contributed by atoms with E-state index in [9.17, 15) is 9.59 Å². The highest BCUT2D eigenvalue weighted by Gasteiger charge is 2.10. The molecule has 3 aromatic rings. The normalized spacial score (nSPS) is 10.2. The Morgan fingerprint density at radius 2 is 1.50 bits per heavy atom. The second-order valence-corrected chi connectivity index (χ2v) is 6.33. The average molecular weight is 396 g/mol. The van der Waals surface area contributed by atoms with E-state index in [2.05, 4.69) is 5.32 Å². The number of anilines is 1. The summed E-state index contributed by atoms with van der Waals surface area (Å²) in [6, 6.07) is 20.4. The maximum absolute atomic E-state index is 12.4. The molecule has 0 aromatic heterocycles. The minimum Gasteiger partial charge on any atom is -0.495 e. The van der Waals surface area contributed by atoms with Crippen LogP contribution in [0.4, 0.5) is 5.69 Å². The van der Waals surface area contributed by atoms with Gasteiger partial charge in [0.25, 0.3) is 5.91 Å². The Morgan fingerprint density at radius 1 is 0.893 bits per heavy atom. The monoisotopic (exact) mass is 395 g/mol. The molecule has 28 heavy (non-hydrogen) atoms. The highest BCUT2D eigenvalue weighted by molar-refractivity contribution is 6.30. The Bertz CT molecular complexity index is 969. The fourth-order valence-corrected chi connectivity index (χ4v) is 2.68. The van der Waals surface area contributed by atoms with Crippen LogP contribution in [0, 0.1) is 0 Å². The molecule has 0 saturated carbocycles. The number of para-hydroxylation sites is 2. The van der Waals surface area contributed by atoms with Gasteiger partial charge in [-0.05, 0) is 60.7 Å². The Labute approximate surface area is 167 Å². The minimum absolute atomic E-state index is 0.114. The number of nitrogens with one attached hydrogen (secondary N) is 1. The summed E-state index contributed by atoms with van der Waals surface area (Å²) >= 11 is 5.84. The molecule has 0 spiro atoms. The predicted molar refractivity (Wildman–Crippen MR) is 108 cm³/mol. The molecule has 0 bridgehead atoms. The molecule has 0 heterocycles. The molecule has 0 radical (unpaired) electrons. The van der Waals surface area contributed by atoms with E-state index >= 15 is 0 Å². The largest absolute Gasteiger partial charge is 0.495 e. The van der Waals surface area contributed by atoms with Gasteiger partial charge in [0.05, 0.1) is 12.8 Å². The van der Waals surface area contributed by atoms with Crippen LogP contribution in [-0.4, -0.2) is 25.4 Å². The van der Waals surface area contributed by atoms with Crippen LogP contribution < -0.4 is 14.8 Å². The summed E-state index contributed by atoms with van der Waals surface area (Å²) in [5, 5.41) is 3.31. The Balaban J connectivity index is 1.57. The van der Waals surface area contributed by atoms with E-state index in [4.69, 9.17) is 21.1 Å². The number of hydrogen-bond donors (Lipinski definition) is 1. The highest BCUT2D eigenvalue weighted by Crippen LogP contribution is 2.23. The molecular weight excluding hydrogens is 378 g/mol. The number of carbonyl (C=O) groups is 2. The molecule has 1 N–H and O–H groups in total. The van der Waals surface area contributed by atoms with Crippen molar-refractivity contribution < 1.29 is 19.1 Å². The van der Waals surface area contributed by atoms with E-state index in [-0.39, 0.29) is 18.3 Å². The molecule has 1 amide bonds. The maximum atomic E-state index is 12.4. The van der Waals surface area contributed by atoms with Crippen molar-refractivity contribution in [3.8, 4) is 11.5 Å². The van der Waals surface area contributed by atoms with Crippen molar-refractivity contribution in [3.05, 3.63) is 88.9 Å². The molecule has 0 aliphatic rings. The van der Waals surface area contributed by atoms with Crippen molar-refractivity contribution in [2.45, 2.75) is 0 Å². The zero-order chi connectivity index (χ0) is 19.9. The summed E-state index contributed by atoms with van der Waals surface area (Å²) in [6.07, 6.45) is 0. The zero-order valence-electron chi connectivity index (χ0n) is 15.1. The fraction of sp³-hybridized carbons (Fsp3) is 0.0909. The third-order valence-electron chi connectivity index (χ3n) is 3.97. The van der Waals surface area contributed by atoms with E-state index in [1.54, 1.807) is 66.7 Å². The van der Waals surface area contributed by atoms with Crippen molar-refractivity contribution in [1.82, 2.24) is 0 Å². The first-order chi connectivity index (χ1) is 13.6. The van der Waals surface area contributed by atoms with Crippen LogP contribution in [0.3, 0.4) is 0 Å². The molecule has 0 aliphatic carbocycles. The van der Waals surface area contributed by atoms with E-state index in [1.165, 1.54) is 7.11 Å². The van der Waals surface area contributed by atoms with Gasteiger partial charge in [0, 0.05) is 16.1 Å². The molecule has 0 atom stereocenters. The second-order valence-electron chi connectivity index (χ2n) is 5.90. The molecule has 3 aromatic carbocycles. The van der Waals surface area contributed by atoms with Crippen molar-refractivity contribution >= 4 is 29.0 Å². The molecule has 3 rings (SSSR count). The van der Waals surface area contributed by atoms with Gasteiger partial charge in [-0.15, -0.1) is 0 Å². The number of ether oxygens (including phenoxy) is 2. The van der Waals surface area contributed by atoms with E-state index < -0.39 is 0 Å². The van der Waals surface area contributed by atoms with Crippen LogP contribution in [0.2, 0.25) is 5.02 Å². The molecular formula is C22H18ClNO4. The number of rotatable bonds is 7. The van der Waals surface area contributed by atoms with Crippen LogP contribution in [0.25, 0.3) is 0 Å². The molecule has 6 heteroatoms. The third kappa shape index (κ3) is 4.90. The molecule has 0 unspecified atom stereocenters. The summed E-state index contributed by atoms with van der Waals surface area (Å²) in [7, 11) is 1.54. The van der Waals surface area contributed by atoms with Gasteiger partial charge in [0.15, 0.2) is 12.4 Å². The first kappa shape index (κ1) is 19.5. The first-order valence-corrected chi connectivity index (χ1v) is 8.90. The van der Waals surface area contributed by atoms with Crippen molar-refractivity contribution in [1.29, 1.82) is 0 Å². The van der Waals surface area contributed by atoms with Gasteiger partial charge in [-0.25, -0.2) is 0 Å². The summed E-state index contributed by atoms with van der Waals surface area (Å²) in [5.74, 6) is 0.631. The summed E-state index contributed by atoms with van der Waals surface area (Å²) in [6.45, 7) is -0.164. The minimum atomic E-state index is -0.314. The number of benzene rings is 3. The molecule has 142 valence electrons. The number of halogens is 1. The van der Waals surface area contributed by atoms with Gasteiger partial charge < -0.3 is 14.8 Å². The molecule has 5 nitrogen and oxygen atoms in total. The maximum Gasteiger partial charge on any atom is 0.262 e. The summed E-state index contributed by atoms with van der Waals surface area (Å²) in [4.78, 5) is 24.5. The average Bonchev–Trinajstić information content (AvgIpc) is 2.73. The predicted octanol–water partition coefficient (Wildman–Crippen LogP) is 4.60. The van der Waals surface area contributed by atoms with Crippen molar-refractivity contribution in [2.75, 3.05) is 19.0 Å². The van der Waals surface area contributed by atoms with Crippen LogP contribution in [-0.2, 0) is 4.79 Å². The van der Waals surface area contributed by atoms with Gasteiger partial charge in [-0.3, -0.25) is 9.59 Å². The number of hydrogen-bond acceptors (Lipinski definition) is 4. The zero-order valence-corrected chi connectivity index (χ0v) is 15.9. The Morgan fingerprint density at radius 3 is 2.14 bits per heavy atom. The van der Waals surface area contributed by atoms with Gasteiger partial charge in [-0.1, -0.05) is 23.7 Å². The van der Waals surface area contributed by atoms with Gasteiger partial charge >= 0.3 is 0 Å². The number of ketones is 1. The van der Waals surface area contributed by atoms with E-state index in [0.717, 1.165) is 0 Å².